The summed E-state index contributed by atoms with van der Waals surface area (Å²) in [5, 5.41) is 4.59. The van der Waals surface area contributed by atoms with Crippen LogP contribution < -0.4 is 10.2 Å². The van der Waals surface area contributed by atoms with E-state index in [0.717, 1.165) is 73.1 Å². The fourth-order valence-electron chi connectivity index (χ4n) is 4.74. The second kappa shape index (κ2) is 8.17. The topological polar surface area (TPSA) is 48.7 Å². The number of piperidine rings is 1. The minimum atomic E-state index is 0.212. The van der Waals surface area contributed by atoms with Gasteiger partial charge in [-0.25, -0.2) is 4.98 Å². The van der Waals surface area contributed by atoms with E-state index < -0.39 is 0 Å². The lowest BCUT2D eigenvalue weighted by atomic mass is 9.93. The van der Waals surface area contributed by atoms with Crippen LogP contribution in [0, 0.1) is 6.92 Å². The van der Waals surface area contributed by atoms with Crippen molar-refractivity contribution in [1.82, 2.24) is 24.6 Å². The van der Waals surface area contributed by atoms with Crippen molar-refractivity contribution >= 4 is 23.1 Å². The zero-order chi connectivity index (χ0) is 20.7. The Morgan fingerprint density at radius 3 is 2.70 bits per heavy atom. The Bertz CT molecular complexity index is 1040. The fraction of sp³-hybridized carbons (Fsp3) is 0.478. The van der Waals surface area contributed by atoms with Crippen molar-refractivity contribution in [2.24, 2.45) is 0 Å². The number of likely N-dealkylation sites (N-methyl/N-ethyl adjacent to an activating group) is 1. The Morgan fingerprint density at radius 2 is 1.87 bits per heavy atom. The first-order chi connectivity index (χ1) is 14.6. The summed E-state index contributed by atoms with van der Waals surface area (Å²) in [4.78, 5) is 14.5. The van der Waals surface area contributed by atoms with Crippen LogP contribution in [0.15, 0.2) is 36.7 Å². The summed E-state index contributed by atoms with van der Waals surface area (Å²) in [6.45, 7) is 6.34. The van der Waals surface area contributed by atoms with E-state index in [-0.39, 0.29) is 12.1 Å². The summed E-state index contributed by atoms with van der Waals surface area (Å²) in [5.41, 5.74) is 4.27. The molecule has 0 aromatic carbocycles. The lowest BCUT2D eigenvalue weighted by Crippen LogP contribution is -2.45. The van der Waals surface area contributed by atoms with Crippen LogP contribution in [0.1, 0.15) is 48.3 Å². The van der Waals surface area contributed by atoms with E-state index in [1.54, 1.807) is 0 Å². The number of nitrogens with one attached hydrogen (secondary N) is 1. The van der Waals surface area contributed by atoms with Crippen LogP contribution in [0.25, 0.3) is 5.65 Å². The molecule has 3 aromatic heterocycles. The molecular formula is C23H29ClN6. The summed E-state index contributed by atoms with van der Waals surface area (Å²) in [5.74, 6) is 1.24. The normalized spacial score (nSPS) is 23.2. The molecular weight excluding hydrogens is 396 g/mol. The zero-order valence-electron chi connectivity index (χ0n) is 17.7. The molecule has 0 unspecified atom stereocenters. The van der Waals surface area contributed by atoms with Crippen molar-refractivity contribution in [2.75, 3.05) is 38.1 Å². The molecule has 5 heterocycles. The van der Waals surface area contributed by atoms with Gasteiger partial charge in [-0.05, 0) is 57.0 Å². The molecule has 0 aliphatic carbocycles. The van der Waals surface area contributed by atoms with Crippen LogP contribution in [0.2, 0.25) is 5.02 Å². The third-order valence-electron chi connectivity index (χ3n) is 6.57. The molecule has 2 aliphatic rings. The predicted molar refractivity (Wildman–Crippen MR) is 121 cm³/mol. The molecule has 2 fully saturated rings. The first-order valence-electron chi connectivity index (χ1n) is 10.9. The lowest BCUT2D eigenvalue weighted by Gasteiger charge is -2.34. The third-order valence-corrected chi connectivity index (χ3v) is 6.98. The number of rotatable bonds is 3. The maximum Gasteiger partial charge on any atom is 0.138 e. The molecule has 2 saturated heterocycles. The summed E-state index contributed by atoms with van der Waals surface area (Å²) in [6, 6.07) is 8.74. The first-order valence-corrected chi connectivity index (χ1v) is 11.3. The molecule has 6 nitrogen and oxygen atoms in total. The second-order valence-corrected chi connectivity index (χ2v) is 8.98. The van der Waals surface area contributed by atoms with Gasteiger partial charge in [0.05, 0.1) is 23.5 Å². The second-order valence-electron chi connectivity index (χ2n) is 8.57. The average molecular weight is 425 g/mol. The highest BCUT2D eigenvalue weighted by Crippen LogP contribution is 2.34. The SMILES string of the molecule is Cc1c(Cl)ccnc1[C@@H]1CCC[C@H](c2cn3c(N4CCN(C)CC4)cccc3n2)N1. The standard InChI is InChI=1S/C23H29ClN6/c1-16-17(24)9-10-25-23(16)19-6-3-5-18(26-19)20-15-30-21(27-20)7-4-8-22(30)29-13-11-28(2)12-14-29/h4,7-10,15,18-19,26H,3,5-6,11-14H2,1-2H3/t18-,19+/m1/s1. The van der Waals surface area contributed by atoms with Crippen LogP contribution in [0.5, 0.6) is 0 Å². The molecule has 0 spiro atoms. The maximum absolute atomic E-state index is 6.35. The van der Waals surface area contributed by atoms with Crippen LogP contribution in [0.4, 0.5) is 5.82 Å². The Balaban J connectivity index is 1.42. The molecule has 1 N–H and O–H groups in total. The predicted octanol–water partition coefficient (Wildman–Crippen LogP) is 4.00. The molecule has 0 amide bonds. The van der Waals surface area contributed by atoms with Gasteiger partial charge in [-0.15, -0.1) is 0 Å². The van der Waals surface area contributed by atoms with E-state index in [1.165, 1.54) is 5.82 Å². The van der Waals surface area contributed by atoms with E-state index in [4.69, 9.17) is 16.6 Å². The van der Waals surface area contributed by atoms with Crippen molar-refractivity contribution in [1.29, 1.82) is 0 Å². The summed E-state index contributed by atoms with van der Waals surface area (Å²) in [7, 11) is 2.19. The van der Waals surface area contributed by atoms with Crippen molar-refractivity contribution in [3.05, 3.63) is 58.6 Å². The zero-order valence-corrected chi connectivity index (χ0v) is 18.4. The van der Waals surface area contributed by atoms with Gasteiger partial charge in [0.1, 0.15) is 11.5 Å². The highest BCUT2D eigenvalue weighted by molar-refractivity contribution is 6.31. The highest BCUT2D eigenvalue weighted by Gasteiger charge is 2.28. The summed E-state index contributed by atoms with van der Waals surface area (Å²) >= 11 is 6.35. The number of imidazole rings is 1. The van der Waals surface area contributed by atoms with Crippen molar-refractivity contribution in [3.63, 3.8) is 0 Å². The van der Waals surface area contributed by atoms with E-state index in [1.807, 2.05) is 12.3 Å². The van der Waals surface area contributed by atoms with E-state index in [9.17, 15) is 0 Å². The molecule has 0 saturated carbocycles. The molecule has 5 rings (SSSR count). The molecule has 0 bridgehead atoms. The average Bonchev–Trinajstić information content (AvgIpc) is 3.21. The van der Waals surface area contributed by atoms with Crippen LogP contribution in [-0.4, -0.2) is 52.5 Å². The highest BCUT2D eigenvalue weighted by atomic mass is 35.5. The summed E-state index contributed by atoms with van der Waals surface area (Å²) in [6.07, 6.45) is 7.34. The van der Waals surface area contributed by atoms with Gasteiger partial charge in [-0.3, -0.25) is 9.38 Å². The molecule has 7 heteroatoms. The molecule has 2 atom stereocenters. The van der Waals surface area contributed by atoms with Crippen LogP contribution in [-0.2, 0) is 0 Å². The number of pyridine rings is 2. The number of anilines is 1. The number of fused-ring (bicyclic) bond motifs is 1. The first kappa shape index (κ1) is 19.8. The van der Waals surface area contributed by atoms with Crippen LogP contribution in [0.3, 0.4) is 0 Å². The molecule has 3 aromatic rings. The number of nitrogens with zero attached hydrogens (tertiary/aromatic N) is 5. The van der Waals surface area contributed by atoms with Crippen molar-refractivity contribution in [3.8, 4) is 0 Å². The van der Waals surface area contributed by atoms with Gasteiger partial charge < -0.3 is 15.1 Å². The van der Waals surface area contributed by atoms with Gasteiger partial charge in [0.15, 0.2) is 0 Å². The third kappa shape index (κ3) is 3.68. The van der Waals surface area contributed by atoms with Crippen molar-refractivity contribution in [2.45, 2.75) is 38.3 Å². The quantitative estimate of drug-likeness (QED) is 0.688. The molecule has 158 valence electrons. The maximum atomic E-state index is 6.35. The van der Waals surface area contributed by atoms with Gasteiger partial charge >= 0.3 is 0 Å². The number of halogens is 1. The number of aromatic nitrogens is 3. The van der Waals surface area contributed by atoms with Gasteiger partial charge in [-0.2, -0.15) is 0 Å². The number of hydrogen-bond donors (Lipinski definition) is 1. The van der Waals surface area contributed by atoms with Gasteiger partial charge in [0.25, 0.3) is 0 Å². The smallest absolute Gasteiger partial charge is 0.138 e. The number of hydrogen-bond acceptors (Lipinski definition) is 5. The van der Waals surface area contributed by atoms with E-state index in [2.05, 4.69) is 62.9 Å². The van der Waals surface area contributed by atoms with Gasteiger partial charge in [0.2, 0.25) is 0 Å². The van der Waals surface area contributed by atoms with Gasteiger partial charge in [0, 0.05) is 43.6 Å². The molecule has 30 heavy (non-hydrogen) atoms. The Morgan fingerprint density at radius 1 is 1.07 bits per heavy atom. The Labute approximate surface area is 182 Å². The molecule has 2 aliphatic heterocycles. The largest absolute Gasteiger partial charge is 0.355 e. The molecule has 0 radical (unpaired) electrons. The Hall–Kier alpha value is -2.15. The minimum absolute atomic E-state index is 0.212. The fourth-order valence-corrected chi connectivity index (χ4v) is 4.89. The van der Waals surface area contributed by atoms with E-state index in [0.29, 0.717) is 0 Å². The van der Waals surface area contributed by atoms with E-state index >= 15 is 0 Å². The monoisotopic (exact) mass is 424 g/mol. The van der Waals surface area contributed by atoms with Crippen LogP contribution >= 0.6 is 11.6 Å². The van der Waals surface area contributed by atoms with Crippen molar-refractivity contribution < 1.29 is 0 Å². The minimum Gasteiger partial charge on any atom is -0.355 e. The summed E-state index contributed by atoms with van der Waals surface area (Å²) < 4.78 is 2.26. The van der Waals surface area contributed by atoms with Gasteiger partial charge in [-0.1, -0.05) is 17.7 Å². The Kier molecular flexibility index (Phi) is 5.39. The lowest BCUT2D eigenvalue weighted by molar-refractivity contribution is 0.311. The number of piperazine rings is 1.